The molecule has 162 valence electrons. The van der Waals surface area contributed by atoms with Gasteiger partial charge in [-0.1, -0.05) is 24.3 Å². The standard InChI is InChI=1S/C22H23FN3O4P/c1-22(2,31(28,29)30)16-9-11-17(12-10-16)25-20(27)13-8-15-14-24-26(3)21(15)18-6-4-5-7-19(18)23/h4-14H,1-3H3,(H,25,27)(H2,28,29,30). The van der Waals surface area contributed by atoms with Crippen LogP contribution in [0.5, 0.6) is 0 Å². The molecular formula is C22H23FN3O4P. The molecule has 3 N–H and O–H groups in total. The van der Waals surface area contributed by atoms with Crippen LogP contribution < -0.4 is 5.32 Å². The fourth-order valence-electron chi connectivity index (χ4n) is 3.04. The zero-order chi connectivity index (χ0) is 22.8. The van der Waals surface area contributed by atoms with Gasteiger partial charge in [-0.3, -0.25) is 14.0 Å². The summed E-state index contributed by atoms with van der Waals surface area (Å²) < 4.78 is 27.4. The van der Waals surface area contributed by atoms with Crippen LogP contribution in [0.1, 0.15) is 25.0 Å². The molecular weight excluding hydrogens is 420 g/mol. The van der Waals surface area contributed by atoms with Gasteiger partial charge in [-0.15, -0.1) is 0 Å². The van der Waals surface area contributed by atoms with Gasteiger partial charge in [-0.05, 0) is 49.8 Å². The number of carbonyl (C=O) groups excluding carboxylic acids is 1. The van der Waals surface area contributed by atoms with Gasteiger partial charge in [0, 0.05) is 29.9 Å². The molecule has 1 aromatic heterocycles. The van der Waals surface area contributed by atoms with E-state index < -0.39 is 18.7 Å². The van der Waals surface area contributed by atoms with E-state index in [1.54, 1.807) is 61.8 Å². The number of hydrogen-bond acceptors (Lipinski definition) is 3. The maximum atomic E-state index is 14.2. The smallest absolute Gasteiger partial charge is 0.324 e. The predicted octanol–water partition coefficient (Wildman–Crippen LogP) is 4.29. The first kappa shape index (κ1) is 22.6. The molecule has 3 rings (SSSR count). The first-order valence-electron chi connectivity index (χ1n) is 9.43. The number of hydrogen-bond donors (Lipinski definition) is 3. The predicted molar refractivity (Wildman–Crippen MR) is 118 cm³/mol. The summed E-state index contributed by atoms with van der Waals surface area (Å²) in [5.74, 6) is -0.797. The molecule has 0 radical (unpaired) electrons. The van der Waals surface area contributed by atoms with E-state index in [1.165, 1.54) is 30.7 Å². The molecule has 0 aliphatic heterocycles. The van der Waals surface area contributed by atoms with Crippen LogP contribution in [-0.2, 0) is 21.6 Å². The van der Waals surface area contributed by atoms with E-state index >= 15 is 0 Å². The van der Waals surface area contributed by atoms with Gasteiger partial charge in [-0.2, -0.15) is 5.10 Å². The summed E-state index contributed by atoms with van der Waals surface area (Å²) in [7, 11) is -2.65. The summed E-state index contributed by atoms with van der Waals surface area (Å²) in [6.07, 6.45) is 4.41. The van der Waals surface area contributed by atoms with Crippen molar-refractivity contribution in [2.75, 3.05) is 5.32 Å². The molecule has 0 aliphatic rings. The molecule has 3 aromatic rings. The minimum absolute atomic E-state index is 0.380. The van der Waals surface area contributed by atoms with Crippen LogP contribution >= 0.6 is 7.60 Å². The highest BCUT2D eigenvalue weighted by Crippen LogP contribution is 2.56. The number of anilines is 1. The van der Waals surface area contributed by atoms with E-state index in [4.69, 9.17) is 0 Å². The number of benzene rings is 2. The van der Waals surface area contributed by atoms with Crippen molar-refractivity contribution in [1.82, 2.24) is 9.78 Å². The summed E-state index contributed by atoms with van der Waals surface area (Å²) >= 11 is 0. The monoisotopic (exact) mass is 443 g/mol. The van der Waals surface area contributed by atoms with Gasteiger partial charge in [0.25, 0.3) is 0 Å². The van der Waals surface area contributed by atoms with E-state index in [2.05, 4.69) is 10.4 Å². The van der Waals surface area contributed by atoms with Crippen LogP contribution in [0.2, 0.25) is 0 Å². The molecule has 9 heteroatoms. The molecule has 2 aromatic carbocycles. The lowest BCUT2D eigenvalue weighted by atomic mass is 10.0. The van der Waals surface area contributed by atoms with Crippen LogP contribution in [-0.4, -0.2) is 25.5 Å². The van der Waals surface area contributed by atoms with Gasteiger partial charge in [0.2, 0.25) is 5.91 Å². The second kappa shape index (κ2) is 8.59. The third kappa shape index (κ3) is 4.82. The Morgan fingerprint density at radius 2 is 1.81 bits per heavy atom. The van der Waals surface area contributed by atoms with Crippen molar-refractivity contribution in [3.05, 3.63) is 77.7 Å². The van der Waals surface area contributed by atoms with Crippen LogP contribution in [0.15, 0.2) is 60.8 Å². The molecule has 0 saturated carbocycles. The average molecular weight is 443 g/mol. The largest absolute Gasteiger partial charge is 0.335 e. The third-order valence-electron chi connectivity index (χ3n) is 5.10. The first-order valence-corrected chi connectivity index (χ1v) is 11.0. The number of rotatable bonds is 6. The summed E-state index contributed by atoms with van der Waals surface area (Å²) in [5.41, 5.74) is 2.44. The topological polar surface area (TPSA) is 104 Å². The Bertz CT molecular complexity index is 1180. The highest BCUT2D eigenvalue weighted by molar-refractivity contribution is 7.53. The van der Waals surface area contributed by atoms with Gasteiger partial charge in [0.05, 0.1) is 17.0 Å². The van der Waals surface area contributed by atoms with Crippen molar-refractivity contribution in [3.63, 3.8) is 0 Å². The van der Waals surface area contributed by atoms with Crippen molar-refractivity contribution >= 4 is 25.3 Å². The fourth-order valence-corrected chi connectivity index (χ4v) is 3.52. The molecule has 0 atom stereocenters. The summed E-state index contributed by atoms with van der Waals surface area (Å²) in [6, 6.07) is 12.6. The molecule has 31 heavy (non-hydrogen) atoms. The number of carbonyl (C=O) groups is 1. The fraction of sp³-hybridized carbons (Fsp3) is 0.182. The van der Waals surface area contributed by atoms with Crippen molar-refractivity contribution in [2.24, 2.45) is 7.05 Å². The van der Waals surface area contributed by atoms with Crippen molar-refractivity contribution in [3.8, 4) is 11.3 Å². The molecule has 0 spiro atoms. The molecule has 1 heterocycles. The summed E-state index contributed by atoms with van der Waals surface area (Å²) in [5, 5.41) is 5.50. The number of aryl methyl sites for hydroxylation is 1. The van der Waals surface area contributed by atoms with Gasteiger partial charge in [-0.25, -0.2) is 4.39 Å². The Morgan fingerprint density at radius 1 is 1.16 bits per heavy atom. The Labute approximate surface area is 179 Å². The minimum atomic E-state index is -4.34. The maximum absolute atomic E-state index is 14.2. The van der Waals surface area contributed by atoms with Crippen LogP contribution in [0, 0.1) is 5.82 Å². The highest BCUT2D eigenvalue weighted by atomic mass is 31.2. The number of nitrogens with zero attached hydrogens (tertiary/aromatic N) is 2. The van der Waals surface area contributed by atoms with Gasteiger partial charge >= 0.3 is 7.60 Å². The average Bonchev–Trinajstić information content (AvgIpc) is 3.06. The first-order chi connectivity index (χ1) is 14.5. The molecule has 7 nitrogen and oxygen atoms in total. The van der Waals surface area contributed by atoms with Gasteiger partial charge in [0.1, 0.15) is 5.82 Å². The zero-order valence-electron chi connectivity index (χ0n) is 17.3. The third-order valence-corrected chi connectivity index (χ3v) is 6.81. The minimum Gasteiger partial charge on any atom is -0.324 e. The number of aromatic nitrogens is 2. The van der Waals surface area contributed by atoms with Crippen molar-refractivity contribution in [2.45, 2.75) is 19.0 Å². The SMILES string of the molecule is Cn1ncc(C=CC(=O)Nc2ccc(C(C)(C)P(=O)(O)O)cc2)c1-c1ccccc1F. The number of halogens is 1. The number of amides is 1. The van der Waals surface area contributed by atoms with E-state index in [1.807, 2.05) is 0 Å². The van der Waals surface area contributed by atoms with E-state index in [-0.39, 0.29) is 5.82 Å². The lowest BCUT2D eigenvalue weighted by Gasteiger charge is -2.26. The molecule has 1 amide bonds. The zero-order valence-corrected chi connectivity index (χ0v) is 18.2. The molecule has 0 fully saturated rings. The molecule has 0 bridgehead atoms. The second-order valence-corrected chi connectivity index (χ2v) is 9.76. The van der Waals surface area contributed by atoms with E-state index in [9.17, 15) is 23.5 Å². The maximum Gasteiger partial charge on any atom is 0.335 e. The highest BCUT2D eigenvalue weighted by Gasteiger charge is 2.39. The second-order valence-electron chi connectivity index (χ2n) is 7.55. The van der Waals surface area contributed by atoms with Crippen molar-refractivity contribution < 1.29 is 23.5 Å². The Morgan fingerprint density at radius 3 is 2.42 bits per heavy atom. The Balaban J connectivity index is 1.76. The van der Waals surface area contributed by atoms with Crippen LogP contribution in [0.3, 0.4) is 0 Å². The lowest BCUT2D eigenvalue weighted by molar-refractivity contribution is -0.111. The molecule has 0 unspecified atom stereocenters. The Kier molecular flexibility index (Phi) is 6.27. The quantitative estimate of drug-likeness (QED) is 0.389. The molecule has 0 aliphatic carbocycles. The molecule has 0 saturated heterocycles. The summed E-state index contributed by atoms with van der Waals surface area (Å²) in [4.78, 5) is 31.4. The van der Waals surface area contributed by atoms with Gasteiger partial charge < -0.3 is 15.1 Å². The van der Waals surface area contributed by atoms with Gasteiger partial charge in [0.15, 0.2) is 0 Å². The van der Waals surface area contributed by atoms with Crippen molar-refractivity contribution in [1.29, 1.82) is 0 Å². The summed E-state index contributed by atoms with van der Waals surface area (Å²) in [6.45, 7) is 2.93. The normalized spacial score (nSPS) is 12.3. The van der Waals surface area contributed by atoms with E-state index in [0.717, 1.165) is 0 Å². The van der Waals surface area contributed by atoms with Crippen LogP contribution in [0.4, 0.5) is 10.1 Å². The number of nitrogens with one attached hydrogen (secondary N) is 1. The Hall–Kier alpha value is -3.06. The lowest BCUT2D eigenvalue weighted by Crippen LogP contribution is -2.17. The van der Waals surface area contributed by atoms with Crippen LogP contribution in [0.25, 0.3) is 17.3 Å². The van der Waals surface area contributed by atoms with E-state index in [0.29, 0.717) is 28.1 Å².